The number of benzene rings is 1. The number of hydrogen-bond donors (Lipinski definition) is 0. The van der Waals surface area contributed by atoms with Crippen molar-refractivity contribution in [2.24, 2.45) is 0 Å². The third-order valence-electron chi connectivity index (χ3n) is 3.21. The highest BCUT2D eigenvalue weighted by Gasteiger charge is 2.35. The first-order valence-electron chi connectivity index (χ1n) is 6.61. The third kappa shape index (κ3) is 3.14. The molecule has 1 heterocycles. The van der Waals surface area contributed by atoms with Crippen LogP contribution >= 0.6 is 34.8 Å². The summed E-state index contributed by atoms with van der Waals surface area (Å²) in [6, 6.07) is 5.51. The second-order valence-electron chi connectivity index (χ2n) is 4.69. The number of carbonyl (C=O) groups excluding carboxylic acids is 2. The molecule has 0 aliphatic carbocycles. The van der Waals surface area contributed by atoms with E-state index in [-0.39, 0.29) is 10.7 Å². The Bertz CT molecular complexity index is 661. The molecule has 1 aliphatic heterocycles. The molecule has 5 nitrogen and oxygen atoms in total. The van der Waals surface area contributed by atoms with E-state index < -0.39 is 11.8 Å². The number of hydrogen-bond acceptors (Lipinski definition) is 4. The molecule has 0 radical (unpaired) electrons. The minimum Gasteiger partial charge on any atom is -0.493 e. The number of carbonyl (C=O) groups is 2. The van der Waals surface area contributed by atoms with Crippen LogP contribution in [0.5, 0.6) is 5.75 Å². The van der Waals surface area contributed by atoms with Crippen LogP contribution in [-0.4, -0.2) is 47.4 Å². The number of nitrogens with zero attached hydrogens (tertiary/aromatic N) is 2. The topological polar surface area (TPSA) is 49.9 Å². The zero-order valence-corrected chi connectivity index (χ0v) is 15.4. The van der Waals surface area contributed by atoms with Crippen LogP contribution in [0, 0.1) is 3.57 Å². The van der Waals surface area contributed by atoms with Crippen LogP contribution in [0.4, 0.5) is 0 Å². The average molecular weight is 430 g/mol. The molecule has 116 valence electrons. The van der Waals surface area contributed by atoms with Gasteiger partial charge in [-0.25, -0.2) is 0 Å². The van der Waals surface area contributed by atoms with Gasteiger partial charge in [-0.2, -0.15) is 0 Å². The normalized spacial score (nSPS) is 15.5. The van der Waals surface area contributed by atoms with Crippen molar-refractivity contribution in [1.29, 1.82) is 0 Å². The monoisotopic (exact) mass is 430 g/mol. The van der Waals surface area contributed by atoms with E-state index in [9.17, 15) is 9.59 Å². The van der Waals surface area contributed by atoms with Crippen molar-refractivity contribution >= 4 is 57.8 Å². The molecule has 0 saturated carbocycles. The molecular formula is C15H15IN2O3S. The fourth-order valence-electron chi connectivity index (χ4n) is 2.02. The zero-order chi connectivity index (χ0) is 16.4. The molecule has 1 aromatic carbocycles. The van der Waals surface area contributed by atoms with Crippen molar-refractivity contribution in [2.75, 3.05) is 20.7 Å². The van der Waals surface area contributed by atoms with Gasteiger partial charge in [0.05, 0.1) is 10.2 Å². The molecule has 2 rings (SSSR count). The maximum atomic E-state index is 12.2. The summed E-state index contributed by atoms with van der Waals surface area (Å²) < 4.78 is 6.39. The van der Waals surface area contributed by atoms with E-state index in [2.05, 4.69) is 22.6 Å². The fraction of sp³-hybridized carbons (Fsp3) is 0.267. The predicted octanol–water partition coefficient (Wildman–Crippen LogP) is 2.29. The van der Waals surface area contributed by atoms with Gasteiger partial charge < -0.3 is 4.74 Å². The molecular weight excluding hydrogens is 415 g/mol. The lowest BCUT2D eigenvalue weighted by molar-refractivity contribution is -0.132. The summed E-state index contributed by atoms with van der Waals surface area (Å²) in [6.45, 7) is 2.50. The van der Waals surface area contributed by atoms with Crippen LogP contribution in [0.3, 0.4) is 0 Å². The molecule has 0 N–H and O–H groups in total. The second-order valence-corrected chi connectivity index (χ2v) is 6.22. The molecule has 0 bridgehead atoms. The van der Waals surface area contributed by atoms with Gasteiger partial charge in [0.2, 0.25) is 0 Å². The Morgan fingerprint density at radius 3 is 2.32 bits per heavy atom. The maximum Gasteiger partial charge on any atom is 0.265 e. The van der Waals surface area contributed by atoms with E-state index in [1.165, 1.54) is 9.80 Å². The van der Waals surface area contributed by atoms with E-state index in [4.69, 9.17) is 17.0 Å². The molecule has 1 fully saturated rings. The highest BCUT2D eigenvalue weighted by atomic mass is 127. The summed E-state index contributed by atoms with van der Waals surface area (Å²) in [7, 11) is 3.12. The van der Waals surface area contributed by atoms with E-state index >= 15 is 0 Å². The van der Waals surface area contributed by atoms with Crippen LogP contribution in [0.25, 0.3) is 6.08 Å². The minimum absolute atomic E-state index is 0.0959. The van der Waals surface area contributed by atoms with Gasteiger partial charge in [-0.15, -0.1) is 0 Å². The fourth-order valence-corrected chi connectivity index (χ4v) is 2.88. The highest BCUT2D eigenvalue weighted by molar-refractivity contribution is 14.1. The molecule has 1 saturated heterocycles. The van der Waals surface area contributed by atoms with Crippen molar-refractivity contribution < 1.29 is 14.3 Å². The number of ether oxygens (including phenoxy) is 1. The van der Waals surface area contributed by atoms with E-state index in [1.54, 1.807) is 20.2 Å². The number of halogens is 1. The first-order chi connectivity index (χ1) is 10.4. The summed E-state index contributed by atoms with van der Waals surface area (Å²) in [6.07, 6.45) is 1.58. The maximum absolute atomic E-state index is 12.2. The summed E-state index contributed by atoms with van der Waals surface area (Å²) in [5.74, 6) is -0.00375. The van der Waals surface area contributed by atoms with Gasteiger partial charge in [-0.05, 0) is 65.5 Å². The summed E-state index contributed by atoms with van der Waals surface area (Å²) >= 11 is 7.21. The van der Waals surface area contributed by atoms with E-state index in [0.29, 0.717) is 6.61 Å². The standard InChI is InChI=1S/C15H15IN2O3S/c1-4-21-12-6-5-9(8-11(12)16)7-10-13(19)17(2)15(22)18(3)14(10)20/h5-8H,4H2,1-3H3. The Labute approximate surface area is 148 Å². The van der Waals surface area contributed by atoms with Gasteiger partial charge >= 0.3 is 0 Å². The van der Waals surface area contributed by atoms with E-state index in [0.717, 1.165) is 14.9 Å². The summed E-state index contributed by atoms with van der Waals surface area (Å²) in [5, 5.41) is 0.202. The van der Waals surface area contributed by atoms with Gasteiger partial charge in [-0.3, -0.25) is 19.4 Å². The Kier molecular flexibility index (Phi) is 5.17. The largest absolute Gasteiger partial charge is 0.493 e. The first kappa shape index (κ1) is 16.9. The van der Waals surface area contributed by atoms with Crippen molar-refractivity contribution in [1.82, 2.24) is 9.80 Å². The average Bonchev–Trinajstić information content (AvgIpc) is 2.50. The number of amides is 2. The second kappa shape index (κ2) is 6.74. The summed E-state index contributed by atoms with van der Waals surface area (Å²) in [4.78, 5) is 27.1. The van der Waals surface area contributed by atoms with Crippen molar-refractivity contribution in [3.8, 4) is 5.75 Å². The Balaban J connectivity index is 2.39. The van der Waals surface area contributed by atoms with Gasteiger partial charge in [0.15, 0.2) is 5.11 Å². The molecule has 0 aromatic heterocycles. The van der Waals surface area contributed by atoms with Crippen LogP contribution in [-0.2, 0) is 9.59 Å². The lowest BCUT2D eigenvalue weighted by atomic mass is 10.1. The molecule has 1 aliphatic rings. The SMILES string of the molecule is CCOc1ccc(C=C2C(=O)N(C)C(=S)N(C)C2=O)cc1I. The molecule has 0 spiro atoms. The Morgan fingerprint density at radius 1 is 1.23 bits per heavy atom. The quantitative estimate of drug-likeness (QED) is 0.320. The lowest BCUT2D eigenvalue weighted by Crippen LogP contribution is -2.52. The van der Waals surface area contributed by atoms with Crippen molar-refractivity contribution in [3.63, 3.8) is 0 Å². The zero-order valence-electron chi connectivity index (χ0n) is 12.4. The number of rotatable bonds is 3. The van der Waals surface area contributed by atoms with Gasteiger partial charge in [0.1, 0.15) is 11.3 Å². The smallest absolute Gasteiger partial charge is 0.265 e. The highest BCUT2D eigenvalue weighted by Crippen LogP contribution is 2.24. The third-order valence-corrected chi connectivity index (χ3v) is 4.60. The van der Waals surface area contributed by atoms with Crippen LogP contribution in [0.15, 0.2) is 23.8 Å². The molecule has 0 unspecified atom stereocenters. The van der Waals surface area contributed by atoms with Crippen molar-refractivity contribution in [3.05, 3.63) is 32.9 Å². The van der Waals surface area contributed by atoms with Crippen LogP contribution in [0.1, 0.15) is 12.5 Å². The summed E-state index contributed by atoms with van der Waals surface area (Å²) in [5.41, 5.74) is 0.859. The van der Waals surface area contributed by atoms with Gasteiger partial charge in [0, 0.05) is 14.1 Å². The molecule has 7 heteroatoms. The van der Waals surface area contributed by atoms with E-state index in [1.807, 2.05) is 25.1 Å². The Hall–Kier alpha value is -1.48. The lowest BCUT2D eigenvalue weighted by Gasteiger charge is -2.31. The van der Waals surface area contributed by atoms with Gasteiger partial charge in [0.25, 0.3) is 11.8 Å². The van der Waals surface area contributed by atoms with Crippen molar-refractivity contribution in [2.45, 2.75) is 6.92 Å². The van der Waals surface area contributed by atoms with Crippen LogP contribution in [0.2, 0.25) is 0 Å². The minimum atomic E-state index is -0.392. The molecule has 2 amide bonds. The predicted molar refractivity (Wildman–Crippen MR) is 96.4 cm³/mol. The first-order valence-corrected chi connectivity index (χ1v) is 8.09. The molecule has 1 aromatic rings. The van der Waals surface area contributed by atoms with Crippen LogP contribution < -0.4 is 4.74 Å². The Morgan fingerprint density at radius 2 is 1.82 bits per heavy atom. The number of likely N-dealkylation sites (N-methyl/N-ethyl adjacent to an activating group) is 2. The van der Waals surface area contributed by atoms with Gasteiger partial charge in [-0.1, -0.05) is 6.07 Å². The molecule has 22 heavy (non-hydrogen) atoms. The number of thiocarbonyl (C=S) groups is 1. The molecule has 0 atom stereocenters.